The van der Waals surface area contributed by atoms with Crippen LogP contribution in [0.25, 0.3) is 0 Å². The quantitative estimate of drug-likeness (QED) is 0.783. The van der Waals surface area contributed by atoms with Crippen LogP contribution in [0.1, 0.15) is 27.9 Å². The Morgan fingerprint density at radius 3 is 2.52 bits per heavy atom. The fourth-order valence-electron chi connectivity index (χ4n) is 3.04. The van der Waals surface area contributed by atoms with Gasteiger partial charge in [-0.3, -0.25) is 4.79 Å². The lowest BCUT2D eigenvalue weighted by Gasteiger charge is -2.29. The van der Waals surface area contributed by atoms with Crippen molar-refractivity contribution in [1.82, 2.24) is 9.62 Å². The van der Waals surface area contributed by atoms with Crippen LogP contribution in [0.5, 0.6) is 0 Å². The molecule has 0 unspecified atom stereocenters. The number of hydrogen-bond acceptors (Lipinski definition) is 4. The monoisotopic (exact) mass is 388 g/mol. The van der Waals surface area contributed by atoms with E-state index in [0.717, 1.165) is 11.1 Å². The lowest BCUT2D eigenvalue weighted by molar-refractivity contribution is -0.131. The second-order valence-electron chi connectivity index (χ2n) is 6.31. The minimum Gasteiger partial charge on any atom is -0.478 e. The molecule has 3 rings (SSSR count). The molecule has 1 aliphatic rings. The molecule has 8 heteroatoms. The maximum absolute atomic E-state index is 12.4. The maximum Gasteiger partial charge on any atom is 0.335 e. The highest BCUT2D eigenvalue weighted by molar-refractivity contribution is 7.89. The van der Waals surface area contributed by atoms with Gasteiger partial charge in [0.1, 0.15) is 0 Å². The summed E-state index contributed by atoms with van der Waals surface area (Å²) >= 11 is 0. The largest absolute Gasteiger partial charge is 0.478 e. The number of carbonyl (C=O) groups excluding carboxylic acids is 1. The molecule has 7 nitrogen and oxygen atoms in total. The van der Waals surface area contributed by atoms with Gasteiger partial charge in [-0.25, -0.2) is 17.9 Å². The van der Waals surface area contributed by atoms with E-state index in [9.17, 15) is 18.0 Å². The molecule has 1 amide bonds. The number of amides is 1. The molecule has 1 heterocycles. The Labute approximate surface area is 157 Å². The van der Waals surface area contributed by atoms with Gasteiger partial charge in [0.15, 0.2) is 0 Å². The number of carbonyl (C=O) groups is 2. The second-order valence-corrected chi connectivity index (χ2v) is 8.08. The summed E-state index contributed by atoms with van der Waals surface area (Å²) in [5, 5.41) is 9.10. The second kappa shape index (κ2) is 7.89. The number of rotatable bonds is 6. The predicted octanol–water partition coefficient (Wildman–Crippen LogP) is 1.64. The van der Waals surface area contributed by atoms with Gasteiger partial charge < -0.3 is 10.0 Å². The van der Waals surface area contributed by atoms with Crippen LogP contribution in [0.4, 0.5) is 0 Å². The number of hydrogen-bond donors (Lipinski definition) is 2. The van der Waals surface area contributed by atoms with E-state index in [1.807, 2.05) is 0 Å². The van der Waals surface area contributed by atoms with Crippen LogP contribution in [0, 0.1) is 0 Å². The molecule has 27 heavy (non-hydrogen) atoms. The van der Waals surface area contributed by atoms with Crippen molar-refractivity contribution in [3.8, 4) is 0 Å². The molecule has 0 saturated carbocycles. The van der Waals surface area contributed by atoms with Crippen molar-refractivity contribution in [1.29, 1.82) is 0 Å². The van der Waals surface area contributed by atoms with Crippen molar-refractivity contribution in [2.45, 2.75) is 24.3 Å². The van der Waals surface area contributed by atoms with Crippen molar-refractivity contribution < 1.29 is 23.1 Å². The van der Waals surface area contributed by atoms with Gasteiger partial charge in [-0.15, -0.1) is 0 Å². The normalized spacial score (nSPS) is 13.9. The first kappa shape index (κ1) is 19.1. The predicted molar refractivity (Wildman–Crippen MR) is 98.8 cm³/mol. The summed E-state index contributed by atoms with van der Waals surface area (Å²) in [6.45, 7) is 0.874. The highest BCUT2D eigenvalue weighted by Crippen LogP contribution is 2.21. The average molecular weight is 388 g/mol. The van der Waals surface area contributed by atoms with Gasteiger partial charge >= 0.3 is 5.97 Å². The number of nitrogens with one attached hydrogen (secondary N) is 1. The molecule has 1 aliphatic heterocycles. The molecule has 0 fully saturated rings. The number of carboxylic acid groups (broad SMARTS) is 1. The molecule has 142 valence electrons. The van der Waals surface area contributed by atoms with Crippen LogP contribution in [0.2, 0.25) is 0 Å². The Balaban J connectivity index is 1.58. The zero-order valence-electron chi connectivity index (χ0n) is 14.6. The van der Waals surface area contributed by atoms with E-state index in [2.05, 4.69) is 4.72 Å². The molecule has 0 saturated heterocycles. The van der Waals surface area contributed by atoms with Crippen LogP contribution in [-0.4, -0.2) is 43.4 Å². The lowest BCUT2D eigenvalue weighted by Crippen LogP contribution is -2.38. The van der Waals surface area contributed by atoms with Gasteiger partial charge in [-0.1, -0.05) is 24.3 Å². The maximum atomic E-state index is 12.4. The fraction of sp³-hybridized carbons (Fsp3) is 0.263. The minimum absolute atomic E-state index is 0.00852. The summed E-state index contributed by atoms with van der Waals surface area (Å²) in [4.78, 5) is 25.3. The zero-order chi connectivity index (χ0) is 19.4. The molecule has 0 radical (unpaired) electrons. The summed E-state index contributed by atoms with van der Waals surface area (Å²) < 4.78 is 26.8. The van der Waals surface area contributed by atoms with Crippen molar-refractivity contribution >= 4 is 21.9 Å². The summed E-state index contributed by atoms with van der Waals surface area (Å²) in [7, 11) is -3.64. The topological polar surface area (TPSA) is 104 Å². The van der Waals surface area contributed by atoms with E-state index in [1.54, 1.807) is 41.3 Å². The third kappa shape index (κ3) is 4.53. The Kier molecular flexibility index (Phi) is 5.57. The van der Waals surface area contributed by atoms with Gasteiger partial charge in [-0.2, -0.15) is 0 Å². The summed E-state index contributed by atoms with van der Waals surface area (Å²) in [5.74, 6) is -1.17. The summed E-state index contributed by atoms with van der Waals surface area (Å²) in [6, 6.07) is 12.9. The number of fused-ring (bicyclic) bond motifs is 1. The third-order valence-corrected chi connectivity index (χ3v) is 5.98. The Morgan fingerprint density at radius 2 is 1.81 bits per heavy atom. The van der Waals surface area contributed by atoms with Crippen LogP contribution in [0.15, 0.2) is 53.4 Å². The van der Waals surface area contributed by atoms with Crippen molar-refractivity contribution in [3.05, 3.63) is 65.2 Å². The Morgan fingerprint density at radius 1 is 1.07 bits per heavy atom. The SMILES string of the molecule is O=C(O)c1ccc2c(c1)CN(C(=O)CCNS(=O)(=O)c1ccccc1)CC2. The molecule has 0 spiro atoms. The number of nitrogens with zero attached hydrogens (tertiary/aromatic N) is 1. The van der Waals surface area contributed by atoms with E-state index in [-0.39, 0.29) is 29.3 Å². The minimum atomic E-state index is -3.64. The van der Waals surface area contributed by atoms with Gasteiger partial charge in [0, 0.05) is 26.1 Å². The Bertz CT molecular complexity index is 957. The van der Waals surface area contributed by atoms with Crippen molar-refractivity contribution in [3.63, 3.8) is 0 Å². The molecule has 0 aromatic heterocycles. The highest BCUT2D eigenvalue weighted by Gasteiger charge is 2.22. The summed E-state index contributed by atoms with van der Waals surface area (Å²) in [5.41, 5.74) is 2.05. The molecular formula is C19H20N2O5S. The molecule has 2 aromatic carbocycles. The summed E-state index contributed by atoms with van der Waals surface area (Å²) in [6.07, 6.45) is 0.691. The van der Waals surface area contributed by atoms with Gasteiger partial charge in [0.05, 0.1) is 10.5 Å². The standard InChI is InChI=1S/C19H20N2O5S/c22-18(8-10-20-27(25,26)17-4-2-1-3-5-17)21-11-9-14-6-7-15(19(23)24)12-16(14)13-21/h1-7,12,20H,8-11,13H2,(H,23,24). The van der Waals surface area contributed by atoms with Gasteiger partial charge in [0.25, 0.3) is 0 Å². The number of aromatic carboxylic acids is 1. The molecule has 2 N–H and O–H groups in total. The van der Waals surface area contributed by atoms with E-state index in [4.69, 9.17) is 5.11 Å². The molecule has 0 atom stereocenters. The molecule has 2 aromatic rings. The first-order valence-corrected chi connectivity index (χ1v) is 10.0. The Hall–Kier alpha value is -2.71. The van der Waals surface area contributed by atoms with Crippen LogP contribution < -0.4 is 4.72 Å². The third-order valence-electron chi connectivity index (χ3n) is 4.50. The fourth-order valence-corrected chi connectivity index (χ4v) is 4.09. The lowest BCUT2D eigenvalue weighted by atomic mass is 9.97. The van der Waals surface area contributed by atoms with Crippen LogP contribution in [-0.2, 0) is 27.8 Å². The van der Waals surface area contributed by atoms with Crippen molar-refractivity contribution in [2.75, 3.05) is 13.1 Å². The highest BCUT2D eigenvalue weighted by atomic mass is 32.2. The van der Waals surface area contributed by atoms with E-state index in [0.29, 0.717) is 19.5 Å². The molecular weight excluding hydrogens is 368 g/mol. The van der Waals surface area contributed by atoms with Crippen molar-refractivity contribution in [2.24, 2.45) is 0 Å². The van der Waals surface area contributed by atoms with Gasteiger partial charge in [0.2, 0.25) is 15.9 Å². The number of benzene rings is 2. The van der Waals surface area contributed by atoms with Gasteiger partial charge in [-0.05, 0) is 41.8 Å². The smallest absolute Gasteiger partial charge is 0.335 e. The first-order chi connectivity index (χ1) is 12.9. The molecule has 0 bridgehead atoms. The van der Waals surface area contributed by atoms with E-state index >= 15 is 0 Å². The average Bonchev–Trinajstić information content (AvgIpc) is 2.67. The van der Waals surface area contributed by atoms with E-state index < -0.39 is 16.0 Å². The van der Waals surface area contributed by atoms with Crippen LogP contribution in [0.3, 0.4) is 0 Å². The number of sulfonamides is 1. The zero-order valence-corrected chi connectivity index (χ0v) is 15.4. The number of carboxylic acids is 1. The van der Waals surface area contributed by atoms with E-state index in [1.165, 1.54) is 12.1 Å². The molecule has 0 aliphatic carbocycles. The first-order valence-electron chi connectivity index (χ1n) is 8.54. The van der Waals surface area contributed by atoms with Crippen LogP contribution >= 0.6 is 0 Å².